The lowest BCUT2D eigenvalue weighted by molar-refractivity contribution is 0.719. The molecule has 132 valence electrons. The van der Waals surface area contributed by atoms with Gasteiger partial charge in [-0.15, -0.1) is 0 Å². The van der Waals surface area contributed by atoms with Gasteiger partial charge in [-0.1, -0.05) is 54.6 Å². The molecule has 1 N–H and O–H groups in total. The van der Waals surface area contributed by atoms with E-state index in [9.17, 15) is 0 Å². The smallest absolute Gasteiger partial charge is 0.225 e. The Labute approximate surface area is 154 Å². The summed E-state index contributed by atoms with van der Waals surface area (Å²) in [5, 5.41) is 3.36. The van der Waals surface area contributed by atoms with Gasteiger partial charge in [-0.25, -0.2) is 4.98 Å². The number of anilines is 2. The van der Waals surface area contributed by atoms with Gasteiger partial charge < -0.3 is 10.2 Å². The first-order valence-corrected chi connectivity index (χ1v) is 9.22. The van der Waals surface area contributed by atoms with Crippen LogP contribution in [0.25, 0.3) is 11.3 Å². The highest BCUT2D eigenvalue weighted by atomic mass is 15.2. The van der Waals surface area contributed by atoms with Crippen molar-refractivity contribution in [3.8, 4) is 11.3 Å². The number of fused-ring (bicyclic) bond motifs is 1. The summed E-state index contributed by atoms with van der Waals surface area (Å²) in [5.41, 5.74) is 4.90. The molecule has 3 aromatic rings. The quantitative estimate of drug-likeness (QED) is 0.755. The SMILES string of the molecule is CC(C)Nc1nc(-c2ccccc2)cc(N2CCc3ccccc3C2)n1. The molecule has 0 fully saturated rings. The molecule has 0 spiro atoms. The molecule has 0 atom stereocenters. The van der Waals surface area contributed by atoms with Crippen LogP contribution in [0.2, 0.25) is 0 Å². The van der Waals surface area contributed by atoms with Crippen LogP contribution in [0.1, 0.15) is 25.0 Å². The molecule has 0 unspecified atom stereocenters. The van der Waals surface area contributed by atoms with Crippen LogP contribution in [0, 0.1) is 0 Å². The minimum Gasteiger partial charge on any atom is -0.352 e. The van der Waals surface area contributed by atoms with E-state index in [-0.39, 0.29) is 6.04 Å². The van der Waals surface area contributed by atoms with Crippen molar-refractivity contribution in [1.82, 2.24) is 9.97 Å². The Morgan fingerprint density at radius 2 is 1.65 bits per heavy atom. The summed E-state index contributed by atoms with van der Waals surface area (Å²) in [6.45, 7) is 6.08. The Morgan fingerprint density at radius 3 is 2.42 bits per heavy atom. The monoisotopic (exact) mass is 344 g/mol. The Morgan fingerprint density at radius 1 is 0.923 bits per heavy atom. The van der Waals surface area contributed by atoms with E-state index in [4.69, 9.17) is 9.97 Å². The van der Waals surface area contributed by atoms with Crippen LogP contribution in [0.5, 0.6) is 0 Å². The fourth-order valence-electron chi connectivity index (χ4n) is 3.37. The summed E-state index contributed by atoms with van der Waals surface area (Å²) in [6.07, 6.45) is 1.05. The van der Waals surface area contributed by atoms with Crippen LogP contribution in [-0.2, 0) is 13.0 Å². The van der Waals surface area contributed by atoms with Gasteiger partial charge >= 0.3 is 0 Å². The number of hydrogen-bond donors (Lipinski definition) is 1. The molecule has 0 radical (unpaired) electrons. The largest absolute Gasteiger partial charge is 0.352 e. The van der Waals surface area contributed by atoms with Crippen molar-refractivity contribution in [2.75, 3.05) is 16.8 Å². The van der Waals surface area contributed by atoms with E-state index in [2.05, 4.69) is 66.5 Å². The van der Waals surface area contributed by atoms with Crippen molar-refractivity contribution >= 4 is 11.8 Å². The maximum atomic E-state index is 4.80. The van der Waals surface area contributed by atoms with Crippen LogP contribution >= 0.6 is 0 Å². The lowest BCUT2D eigenvalue weighted by Crippen LogP contribution is -2.31. The normalized spacial score (nSPS) is 13.6. The first kappa shape index (κ1) is 16.6. The number of aromatic nitrogens is 2. The molecule has 4 rings (SSSR count). The van der Waals surface area contributed by atoms with Gasteiger partial charge in [0.05, 0.1) is 5.69 Å². The van der Waals surface area contributed by atoms with Crippen molar-refractivity contribution in [2.45, 2.75) is 32.9 Å². The van der Waals surface area contributed by atoms with Crippen LogP contribution in [0.4, 0.5) is 11.8 Å². The average Bonchev–Trinajstić information content (AvgIpc) is 2.67. The minimum atomic E-state index is 0.288. The molecular formula is C22H24N4. The molecule has 26 heavy (non-hydrogen) atoms. The lowest BCUT2D eigenvalue weighted by Gasteiger charge is -2.30. The molecule has 0 amide bonds. The standard InChI is InChI=1S/C22H24N4/c1-16(2)23-22-24-20(18-9-4-3-5-10-18)14-21(25-22)26-13-12-17-8-6-7-11-19(17)15-26/h3-11,14,16H,12-13,15H2,1-2H3,(H,23,24,25). The maximum absolute atomic E-state index is 4.80. The predicted octanol–water partition coefficient (Wildman–Crippen LogP) is 4.53. The van der Waals surface area contributed by atoms with Crippen molar-refractivity contribution in [1.29, 1.82) is 0 Å². The molecule has 0 bridgehead atoms. The summed E-state index contributed by atoms with van der Waals surface area (Å²) in [4.78, 5) is 11.9. The van der Waals surface area contributed by atoms with Crippen LogP contribution < -0.4 is 10.2 Å². The average molecular weight is 344 g/mol. The lowest BCUT2D eigenvalue weighted by atomic mass is 10.00. The molecule has 4 heteroatoms. The van der Waals surface area contributed by atoms with Crippen LogP contribution in [-0.4, -0.2) is 22.6 Å². The molecule has 2 heterocycles. The minimum absolute atomic E-state index is 0.288. The fourth-order valence-corrected chi connectivity index (χ4v) is 3.37. The number of nitrogens with zero attached hydrogens (tertiary/aromatic N) is 3. The van der Waals surface area contributed by atoms with Gasteiger partial charge in [-0.2, -0.15) is 4.98 Å². The summed E-state index contributed by atoms with van der Waals surface area (Å²) in [7, 11) is 0. The van der Waals surface area contributed by atoms with Crippen LogP contribution in [0.15, 0.2) is 60.7 Å². The highest BCUT2D eigenvalue weighted by Crippen LogP contribution is 2.27. The van der Waals surface area contributed by atoms with Gasteiger partial charge in [0.25, 0.3) is 0 Å². The molecular weight excluding hydrogens is 320 g/mol. The van der Waals surface area contributed by atoms with E-state index in [0.29, 0.717) is 5.95 Å². The second-order valence-corrected chi connectivity index (χ2v) is 7.04. The van der Waals surface area contributed by atoms with E-state index in [1.165, 1.54) is 11.1 Å². The zero-order chi connectivity index (χ0) is 17.9. The molecule has 4 nitrogen and oxygen atoms in total. The summed E-state index contributed by atoms with van der Waals surface area (Å²) in [6, 6.07) is 21.4. The number of benzene rings is 2. The van der Waals surface area contributed by atoms with Gasteiger partial charge in [0, 0.05) is 30.8 Å². The Kier molecular flexibility index (Phi) is 4.57. The third kappa shape index (κ3) is 3.54. The van der Waals surface area contributed by atoms with E-state index >= 15 is 0 Å². The number of hydrogen-bond acceptors (Lipinski definition) is 4. The summed E-state index contributed by atoms with van der Waals surface area (Å²) >= 11 is 0. The highest BCUT2D eigenvalue weighted by molar-refractivity contribution is 5.65. The molecule has 1 aliphatic rings. The van der Waals surface area contributed by atoms with Crippen LogP contribution in [0.3, 0.4) is 0 Å². The maximum Gasteiger partial charge on any atom is 0.225 e. The van der Waals surface area contributed by atoms with E-state index in [1.807, 2.05) is 18.2 Å². The second kappa shape index (κ2) is 7.16. The summed E-state index contributed by atoms with van der Waals surface area (Å²) in [5.74, 6) is 1.67. The van der Waals surface area contributed by atoms with Gasteiger partial charge in [-0.05, 0) is 31.4 Å². The first-order valence-electron chi connectivity index (χ1n) is 9.22. The topological polar surface area (TPSA) is 41.1 Å². The molecule has 1 aromatic heterocycles. The van der Waals surface area contributed by atoms with Gasteiger partial charge in [-0.3, -0.25) is 0 Å². The third-order valence-electron chi connectivity index (χ3n) is 4.65. The van der Waals surface area contributed by atoms with Gasteiger partial charge in [0.1, 0.15) is 5.82 Å². The third-order valence-corrected chi connectivity index (χ3v) is 4.65. The van der Waals surface area contributed by atoms with Gasteiger partial charge in [0.15, 0.2) is 0 Å². The zero-order valence-corrected chi connectivity index (χ0v) is 15.3. The first-order chi connectivity index (χ1) is 12.7. The molecule has 0 saturated carbocycles. The summed E-state index contributed by atoms with van der Waals surface area (Å²) < 4.78 is 0. The molecule has 1 aliphatic heterocycles. The molecule has 2 aromatic carbocycles. The van der Waals surface area contributed by atoms with E-state index in [0.717, 1.165) is 36.6 Å². The molecule has 0 saturated heterocycles. The van der Waals surface area contributed by atoms with Crippen molar-refractivity contribution in [3.63, 3.8) is 0 Å². The highest BCUT2D eigenvalue weighted by Gasteiger charge is 2.19. The Hall–Kier alpha value is -2.88. The van der Waals surface area contributed by atoms with Crippen molar-refractivity contribution in [3.05, 3.63) is 71.8 Å². The fraction of sp³-hybridized carbons (Fsp3) is 0.273. The van der Waals surface area contributed by atoms with Crippen molar-refractivity contribution in [2.24, 2.45) is 0 Å². The second-order valence-electron chi connectivity index (χ2n) is 7.04. The Bertz CT molecular complexity index is 890. The van der Waals surface area contributed by atoms with Gasteiger partial charge in [0.2, 0.25) is 5.95 Å². The predicted molar refractivity (Wildman–Crippen MR) is 107 cm³/mol. The molecule has 0 aliphatic carbocycles. The number of rotatable bonds is 4. The van der Waals surface area contributed by atoms with E-state index < -0.39 is 0 Å². The zero-order valence-electron chi connectivity index (χ0n) is 15.3. The Balaban J connectivity index is 1.71. The van der Waals surface area contributed by atoms with E-state index in [1.54, 1.807) is 0 Å². The van der Waals surface area contributed by atoms with Crippen molar-refractivity contribution < 1.29 is 0 Å². The number of nitrogens with one attached hydrogen (secondary N) is 1.